The van der Waals surface area contributed by atoms with Crippen molar-refractivity contribution in [2.75, 3.05) is 0 Å². The molecule has 1 unspecified atom stereocenters. The van der Waals surface area contributed by atoms with Crippen LogP contribution < -0.4 is 10.4 Å². The minimum Gasteiger partial charge on any atom is -0.478 e. The molecule has 2 aromatic carbocycles. The summed E-state index contributed by atoms with van der Waals surface area (Å²) in [5, 5.41) is 18.9. The standard InChI is InChI=1S/C27H26O8/c1-5-15(2)20-13-16(12-18-14-21(24(29)30)25(31)34-23(18)20)6-11-22(28)17-7-9-19(10-8-17)35-27(3,4)26(32)33/h6-15H,5H2,1-4H3,(H,29,30)(H,32,33)/b11-6+. The highest BCUT2D eigenvalue weighted by atomic mass is 16.5. The molecule has 182 valence electrons. The molecule has 1 heterocycles. The Balaban J connectivity index is 1.92. The third kappa shape index (κ3) is 5.66. The molecule has 0 aliphatic heterocycles. The van der Waals surface area contributed by atoms with E-state index in [-0.39, 0.29) is 11.7 Å². The summed E-state index contributed by atoms with van der Waals surface area (Å²) in [6.07, 6.45) is 3.76. The van der Waals surface area contributed by atoms with Crippen molar-refractivity contribution < 1.29 is 33.8 Å². The van der Waals surface area contributed by atoms with Gasteiger partial charge in [-0.05, 0) is 85.9 Å². The molecule has 8 heteroatoms. The van der Waals surface area contributed by atoms with Crippen LogP contribution in [0.5, 0.6) is 5.75 Å². The summed E-state index contributed by atoms with van der Waals surface area (Å²) in [6.45, 7) is 6.81. The lowest BCUT2D eigenvalue weighted by molar-refractivity contribution is -0.152. The molecule has 0 spiro atoms. The number of benzene rings is 2. The van der Waals surface area contributed by atoms with Crippen LogP contribution >= 0.6 is 0 Å². The summed E-state index contributed by atoms with van der Waals surface area (Å²) in [7, 11) is 0. The van der Waals surface area contributed by atoms with Gasteiger partial charge in [0, 0.05) is 10.9 Å². The highest BCUT2D eigenvalue weighted by molar-refractivity contribution is 6.07. The number of ketones is 1. The van der Waals surface area contributed by atoms with Gasteiger partial charge in [-0.3, -0.25) is 4.79 Å². The van der Waals surface area contributed by atoms with Gasteiger partial charge in [0.05, 0.1) is 0 Å². The molecule has 0 saturated heterocycles. The van der Waals surface area contributed by atoms with Gasteiger partial charge in [-0.15, -0.1) is 0 Å². The van der Waals surface area contributed by atoms with Crippen molar-refractivity contribution in [3.63, 3.8) is 0 Å². The predicted molar refractivity (Wildman–Crippen MR) is 130 cm³/mol. The second-order valence-corrected chi connectivity index (χ2v) is 8.73. The second-order valence-electron chi connectivity index (χ2n) is 8.73. The number of aromatic carboxylic acids is 1. The Morgan fingerprint density at radius 2 is 1.74 bits per heavy atom. The molecule has 0 aliphatic rings. The molecule has 3 rings (SSSR count). The topological polar surface area (TPSA) is 131 Å². The van der Waals surface area contributed by atoms with E-state index >= 15 is 0 Å². The van der Waals surface area contributed by atoms with Gasteiger partial charge in [0.15, 0.2) is 11.4 Å². The zero-order chi connectivity index (χ0) is 25.9. The zero-order valence-electron chi connectivity index (χ0n) is 19.8. The van der Waals surface area contributed by atoms with Crippen molar-refractivity contribution in [3.8, 4) is 5.75 Å². The smallest absolute Gasteiger partial charge is 0.351 e. The molecule has 8 nitrogen and oxygen atoms in total. The number of carbonyl (C=O) groups excluding carboxylic acids is 1. The molecule has 3 aromatic rings. The molecule has 0 saturated carbocycles. The van der Waals surface area contributed by atoms with Gasteiger partial charge < -0.3 is 19.4 Å². The minimum atomic E-state index is -1.41. The van der Waals surface area contributed by atoms with Crippen LogP contribution in [0.2, 0.25) is 0 Å². The molecule has 2 N–H and O–H groups in total. The minimum absolute atomic E-state index is 0.0305. The van der Waals surface area contributed by atoms with E-state index in [9.17, 15) is 29.4 Å². The normalized spacial score (nSPS) is 12.6. The molecule has 0 aliphatic carbocycles. The van der Waals surface area contributed by atoms with E-state index in [0.717, 1.165) is 12.0 Å². The zero-order valence-corrected chi connectivity index (χ0v) is 19.8. The van der Waals surface area contributed by atoms with Crippen LogP contribution in [0.15, 0.2) is 57.8 Å². The summed E-state index contributed by atoms with van der Waals surface area (Å²) in [5.41, 5.74) is -0.677. The Labute approximate surface area is 201 Å². The van der Waals surface area contributed by atoms with Crippen molar-refractivity contribution in [3.05, 3.63) is 81.2 Å². The third-order valence-corrected chi connectivity index (χ3v) is 5.71. The predicted octanol–water partition coefficient (Wildman–Crippen LogP) is 5.14. The maximum Gasteiger partial charge on any atom is 0.351 e. The van der Waals surface area contributed by atoms with Gasteiger partial charge in [-0.1, -0.05) is 19.9 Å². The van der Waals surface area contributed by atoms with E-state index in [0.29, 0.717) is 27.8 Å². The maximum absolute atomic E-state index is 12.7. The lowest BCUT2D eigenvalue weighted by Gasteiger charge is -2.21. The Kier molecular flexibility index (Phi) is 7.24. The summed E-state index contributed by atoms with van der Waals surface area (Å²) >= 11 is 0. The number of carboxylic acid groups (broad SMARTS) is 2. The Morgan fingerprint density at radius 1 is 1.09 bits per heavy atom. The molecule has 1 atom stereocenters. The summed E-state index contributed by atoms with van der Waals surface area (Å²) in [6, 6.07) is 10.9. The average Bonchev–Trinajstić information content (AvgIpc) is 2.81. The van der Waals surface area contributed by atoms with Crippen molar-refractivity contribution in [1.29, 1.82) is 0 Å². The fourth-order valence-electron chi connectivity index (χ4n) is 3.41. The van der Waals surface area contributed by atoms with Gasteiger partial charge in [-0.2, -0.15) is 0 Å². The van der Waals surface area contributed by atoms with Crippen LogP contribution in [0.1, 0.15) is 71.9 Å². The van der Waals surface area contributed by atoms with Crippen LogP contribution in [-0.2, 0) is 4.79 Å². The highest BCUT2D eigenvalue weighted by Crippen LogP contribution is 2.29. The van der Waals surface area contributed by atoms with E-state index in [2.05, 4.69) is 0 Å². The van der Waals surface area contributed by atoms with Gasteiger partial charge in [0.25, 0.3) is 0 Å². The monoisotopic (exact) mass is 478 g/mol. The Morgan fingerprint density at radius 3 is 2.31 bits per heavy atom. The SMILES string of the molecule is CCC(C)c1cc(/C=C/C(=O)c2ccc(OC(C)(C)C(=O)O)cc2)cc2cc(C(=O)O)c(=O)oc12. The summed E-state index contributed by atoms with van der Waals surface area (Å²) in [5.74, 6) is -2.42. The van der Waals surface area contributed by atoms with Crippen molar-refractivity contribution in [2.45, 2.75) is 45.6 Å². The number of hydrogen-bond acceptors (Lipinski definition) is 6. The van der Waals surface area contributed by atoms with E-state index < -0.39 is 28.7 Å². The first-order valence-electron chi connectivity index (χ1n) is 11.0. The second kappa shape index (κ2) is 9.97. The molecule has 0 fully saturated rings. The molecule has 0 amide bonds. The molecule has 35 heavy (non-hydrogen) atoms. The van der Waals surface area contributed by atoms with Crippen LogP contribution in [0.3, 0.4) is 0 Å². The van der Waals surface area contributed by atoms with Crippen LogP contribution in [0.4, 0.5) is 0 Å². The van der Waals surface area contributed by atoms with Gasteiger partial charge in [0.1, 0.15) is 16.9 Å². The molecule has 0 bridgehead atoms. The van der Waals surface area contributed by atoms with Crippen molar-refractivity contribution >= 4 is 34.8 Å². The first-order chi connectivity index (χ1) is 16.4. The largest absolute Gasteiger partial charge is 0.478 e. The first-order valence-corrected chi connectivity index (χ1v) is 11.0. The van der Waals surface area contributed by atoms with Gasteiger partial charge in [0.2, 0.25) is 0 Å². The Bertz CT molecular complexity index is 1380. The number of allylic oxidation sites excluding steroid dienone is 1. The lowest BCUT2D eigenvalue weighted by atomic mass is 9.93. The molecular formula is C27H26O8. The number of ether oxygens (including phenoxy) is 1. The number of carbonyl (C=O) groups is 3. The van der Waals surface area contributed by atoms with E-state index in [1.807, 2.05) is 19.9 Å². The summed E-state index contributed by atoms with van der Waals surface area (Å²) < 4.78 is 10.8. The fraction of sp³-hybridized carbons (Fsp3) is 0.259. The van der Waals surface area contributed by atoms with Crippen LogP contribution in [-0.4, -0.2) is 33.5 Å². The van der Waals surface area contributed by atoms with Crippen LogP contribution in [0.25, 0.3) is 17.0 Å². The number of carboxylic acids is 2. The van der Waals surface area contributed by atoms with E-state index in [1.165, 1.54) is 38.1 Å². The molecular weight excluding hydrogens is 452 g/mol. The number of rotatable bonds is 9. The molecule has 1 aromatic heterocycles. The summed E-state index contributed by atoms with van der Waals surface area (Å²) in [4.78, 5) is 47.4. The number of hydrogen-bond donors (Lipinski definition) is 2. The fourth-order valence-corrected chi connectivity index (χ4v) is 3.41. The number of aliphatic carboxylic acids is 1. The van der Waals surface area contributed by atoms with Gasteiger partial charge >= 0.3 is 17.6 Å². The average molecular weight is 478 g/mol. The third-order valence-electron chi connectivity index (χ3n) is 5.71. The van der Waals surface area contributed by atoms with Crippen molar-refractivity contribution in [2.24, 2.45) is 0 Å². The van der Waals surface area contributed by atoms with E-state index in [4.69, 9.17) is 9.15 Å². The highest BCUT2D eigenvalue weighted by Gasteiger charge is 2.29. The van der Waals surface area contributed by atoms with Crippen molar-refractivity contribution in [1.82, 2.24) is 0 Å². The van der Waals surface area contributed by atoms with E-state index in [1.54, 1.807) is 24.3 Å². The van der Waals surface area contributed by atoms with Crippen LogP contribution in [0, 0.1) is 0 Å². The van der Waals surface area contributed by atoms with Gasteiger partial charge in [-0.25, -0.2) is 14.4 Å². The Hall–Kier alpha value is -4.20. The lowest BCUT2D eigenvalue weighted by Crippen LogP contribution is -2.37. The first kappa shape index (κ1) is 25.4. The number of fused-ring (bicyclic) bond motifs is 1. The quantitative estimate of drug-likeness (QED) is 0.245. The maximum atomic E-state index is 12.7. The molecule has 0 radical (unpaired) electrons.